The molecule has 0 fully saturated rings. The normalized spacial score (nSPS) is 14.0. The molecular weight excluding hydrogens is 582 g/mol. The predicted octanol–water partition coefficient (Wildman–Crippen LogP) is 5.31. The Morgan fingerprint density at radius 1 is 0.955 bits per heavy atom. The van der Waals surface area contributed by atoms with Crippen molar-refractivity contribution in [3.8, 4) is 16.9 Å². The van der Waals surface area contributed by atoms with Crippen molar-refractivity contribution in [2.24, 2.45) is 11.1 Å². The molecule has 0 aliphatic heterocycles. The molecule has 10 nitrogen and oxygen atoms in total. The number of benzene rings is 3. The summed E-state index contributed by atoms with van der Waals surface area (Å²) >= 11 is 0. The summed E-state index contributed by atoms with van der Waals surface area (Å²) in [5, 5.41) is 11.4. The van der Waals surface area contributed by atoms with Gasteiger partial charge in [0.25, 0.3) is 5.91 Å². The van der Waals surface area contributed by atoms with E-state index in [1.807, 2.05) is 42.8 Å². The van der Waals surface area contributed by atoms with Gasteiger partial charge in [0.1, 0.15) is 5.75 Å². The average molecular weight is 626 g/mol. The predicted molar refractivity (Wildman–Crippen MR) is 172 cm³/mol. The number of rotatable bonds is 12. The molecule has 6 N–H and O–H groups in total. The fraction of sp³-hybridized carbons (Fsp3) is 0.394. The first-order valence-corrected chi connectivity index (χ1v) is 16.2. The summed E-state index contributed by atoms with van der Waals surface area (Å²) in [5.74, 6) is -0.528. The fourth-order valence-corrected chi connectivity index (χ4v) is 5.86. The Kier molecular flexibility index (Phi) is 10.7. The van der Waals surface area contributed by atoms with E-state index in [9.17, 15) is 23.1 Å². The number of amides is 2. The maximum atomic E-state index is 12.7. The van der Waals surface area contributed by atoms with Gasteiger partial charge in [0, 0.05) is 11.1 Å². The minimum atomic E-state index is -3.76. The number of nitrogens with two attached hydrogens (primary N) is 2. The van der Waals surface area contributed by atoms with Gasteiger partial charge in [-0.25, -0.2) is 17.9 Å². The molecule has 1 unspecified atom stereocenters. The number of carbonyl (C=O) groups excluding carboxylic acids is 2. The third-order valence-electron chi connectivity index (χ3n) is 7.71. The van der Waals surface area contributed by atoms with E-state index in [0.29, 0.717) is 18.5 Å². The lowest BCUT2D eigenvalue weighted by Gasteiger charge is -2.47. The molecule has 3 aromatic carbocycles. The summed E-state index contributed by atoms with van der Waals surface area (Å²) in [7, 11) is -3.76. The lowest BCUT2D eigenvalue weighted by Crippen LogP contribution is -2.43. The Labute approximate surface area is 259 Å². The lowest BCUT2D eigenvalue weighted by atomic mass is 9.58. The third kappa shape index (κ3) is 8.73. The van der Waals surface area contributed by atoms with Crippen LogP contribution in [0.2, 0.25) is 0 Å². The Hall–Kier alpha value is -4.09. The van der Waals surface area contributed by atoms with Crippen LogP contribution in [0.25, 0.3) is 11.1 Å². The van der Waals surface area contributed by atoms with Crippen molar-refractivity contribution in [2.75, 3.05) is 18.6 Å². The van der Waals surface area contributed by atoms with Crippen molar-refractivity contribution in [1.82, 2.24) is 4.72 Å². The van der Waals surface area contributed by atoms with Gasteiger partial charge in [-0.05, 0) is 78.6 Å². The summed E-state index contributed by atoms with van der Waals surface area (Å²) in [4.78, 5) is 24.1. The minimum Gasteiger partial charge on any atom is -0.490 e. The number of nitrogens with one attached hydrogen (secondary N) is 1. The summed E-state index contributed by atoms with van der Waals surface area (Å²) in [6, 6.07) is 19.9. The molecule has 0 aliphatic carbocycles. The zero-order valence-corrected chi connectivity index (χ0v) is 26.9. The number of carbonyl (C=O) groups is 2. The molecule has 3 rings (SSSR count). The SMILES string of the molecule is CC(C)Oc1cc(-c2ccc(C(CCOC(N)=O)(C[C@@H](O)c3ccc(N)cc3)C(C)(C)C)cc2)ccc1C(=O)NS(C)(=O)=O. The number of hydrogen-bond acceptors (Lipinski definition) is 8. The zero-order chi connectivity index (χ0) is 32.9. The van der Waals surface area contributed by atoms with Crippen LogP contribution in [0.1, 0.15) is 75.0 Å². The molecule has 0 heterocycles. The standard InChI is InChI=1S/C33H43N3O7S/c1-21(2)43-29-19-24(11-16-27(29)30(38)36-44(6,40)41)22-7-12-25(13-8-22)33(32(3,4)5,17-18-42-31(35)39)20-28(37)23-9-14-26(34)15-10-23/h7-16,19,21,28,37H,17-18,20,34H2,1-6H3,(H2,35,39)(H,36,38)/t28-,33?/m1/s1. The Bertz CT molecular complexity index is 1560. The average Bonchev–Trinajstić information content (AvgIpc) is 2.90. The van der Waals surface area contributed by atoms with Crippen LogP contribution < -0.4 is 20.9 Å². The van der Waals surface area contributed by atoms with Crippen molar-refractivity contribution in [2.45, 2.75) is 65.1 Å². The number of aliphatic hydroxyl groups is 1. The van der Waals surface area contributed by atoms with Crippen LogP contribution in [0.3, 0.4) is 0 Å². The van der Waals surface area contributed by atoms with Crippen LogP contribution in [0.5, 0.6) is 5.75 Å². The van der Waals surface area contributed by atoms with Gasteiger partial charge in [-0.3, -0.25) is 4.79 Å². The van der Waals surface area contributed by atoms with Gasteiger partial charge in [0.15, 0.2) is 0 Å². The van der Waals surface area contributed by atoms with E-state index in [-0.39, 0.29) is 24.0 Å². The van der Waals surface area contributed by atoms with E-state index < -0.39 is 39.0 Å². The summed E-state index contributed by atoms with van der Waals surface area (Å²) < 4.78 is 36.4. The summed E-state index contributed by atoms with van der Waals surface area (Å²) in [5.41, 5.74) is 14.0. The highest BCUT2D eigenvalue weighted by Crippen LogP contribution is 2.50. The molecule has 3 aromatic rings. The monoisotopic (exact) mass is 625 g/mol. The van der Waals surface area contributed by atoms with Gasteiger partial charge in [-0.2, -0.15) is 0 Å². The second kappa shape index (κ2) is 13.7. The second-order valence-corrected chi connectivity index (χ2v) is 14.0. The third-order valence-corrected chi connectivity index (χ3v) is 8.27. The van der Waals surface area contributed by atoms with Gasteiger partial charge in [0.05, 0.1) is 30.6 Å². The molecule has 0 aromatic heterocycles. The largest absolute Gasteiger partial charge is 0.490 e. The molecule has 238 valence electrons. The van der Waals surface area contributed by atoms with Crippen molar-refractivity contribution >= 4 is 27.7 Å². The highest BCUT2D eigenvalue weighted by Gasteiger charge is 2.45. The van der Waals surface area contributed by atoms with E-state index in [1.54, 1.807) is 36.4 Å². The molecule has 44 heavy (non-hydrogen) atoms. The first-order chi connectivity index (χ1) is 20.4. The van der Waals surface area contributed by atoms with E-state index in [4.69, 9.17) is 20.9 Å². The quantitative estimate of drug-likeness (QED) is 0.196. The maximum absolute atomic E-state index is 12.7. The van der Waals surface area contributed by atoms with Crippen molar-refractivity contribution in [3.63, 3.8) is 0 Å². The second-order valence-electron chi connectivity index (χ2n) is 12.3. The Morgan fingerprint density at radius 2 is 1.55 bits per heavy atom. The van der Waals surface area contributed by atoms with E-state index in [1.165, 1.54) is 6.07 Å². The number of aliphatic hydroxyl groups excluding tert-OH is 1. The summed E-state index contributed by atoms with van der Waals surface area (Å²) in [6.45, 7) is 9.93. The molecule has 11 heteroatoms. The van der Waals surface area contributed by atoms with Gasteiger partial charge in [0.2, 0.25) is 10.0 Å². The van der Waals surface area contributed by atoms with Gasteiger partial charge in [-0.15, -0.1) is 0 Å². The highest BCUT2D eigenvalue weighted by molar-refractivity contribution is 7.89. The number of primary amides is 1. The molecule has 0 saturated heterocycles. The smallest absolute Gasteiger partial charge is 0.404 e. The zero-order valence-electron chi connectivity index (χ0n) is 26.1. The topological polar surface area (TPSA) is 171 Å². The van der Waals surface area contributed by atoms with Crippen LogP contribution >= 0.6 is 0 Å². The van der Waals surface area contributed by atoms with Crippen LogP contribution in [0.4, 0.5) is 10.5 Å². The number of anilines is 1. The van der Waals surface area contributed by atoms with Crippen LogP contribution in [0.15, 0.2) is 66.7 Å². The molecule has 0 aliphatic rings. The number of hydrogen-bond donors (Lipinski definition) is 4. The van der Waals surface area contributed by atoms with E-state index in [0.717, 1.165) is 28.5 Å². The molecule has 2 amide bonds. The van der Waals surface area contributed by atoms with E-state index >= 15 is 0 Å². The van der Waals surface area contributed by atoms with Gasteiger partial charge >= 0.3 is 6.09 Å². The molecule has 0 bridgehead atoms. The minimum absolute atomic E-state index is 0.0652. The lowest BCUT2D eigenvalue weighted by molar-refractivity contribution is 0.0508. The van der Waals surface area contributed by atoms with Crippen LogP contribution in [0, 0.1) is 5.41 Å². The first kappa shape index (κ1) is 34.4. The maximum Gasteiger partial charge on any atom is 0.404 e. The van der Waals surface area contributed by atoms with Gasteiger partial charge in [-0.1, -0.05) is 63.2 Å². The molecular formula is C33H43N3O7S. The molecule has 0 saturated carbocycles. The molecule has 0 spiro atoms. The fourth-order valence-electron chi connectivity index (χ4n) is 5.42. The Balaban J connectivity index is 2.06. The number of ether oxygens (including phenoxy) is 2. The van der Waals surface area contributed by atoms with E-state index in [2.05, 4.69) is 20.8 Å². The van der Waals surface area contributed by atoms with Gasteiger partial charge < -0.3 is 26.0 Å². The Morgan fingerprint density at radius 3 is 2.07 bits per heavy atom. The summed E-state index contributed by atoms with van der Waals surface area (Å²) in [6.07, 6.45) is -0.310. The molecule has 0 radical (unpaired) electrons. The molecule has 2 atom stereocenters. The van der Waals surface area contributed by atoms with Crippen molar-refractivity contribution < 1.29 is 32.6 Å². The number of nitrogen functional groups attached to an aromatic ring is 1. The first-order valence-electron chi connectivity index (χ1n) is 14.3. The van der Waals surface area contributed by atoms with Crippen molar-refractivity contribution in [1.29, 1.82) is 0 Å². The van der Waals surface area contributed by atoms with Crippen LogP contribution in [-0.4, -0.2) is 44.5 Å². The van der Waals surface area contributed by atoms with Crippen LogP contribution in [-0.2, 0) is 20.2 Å². The highest BCUT2D eigenvalue weighted by atomic mass is 32.2. The number of sulfonamides is 1. The van der Waals surface area contributed by atoms with Crippen molar-refractivity contribution in [3.05, 3.63) is 83.4 Å².